The van der Waals surface area contributed by atoms with Gasteiger partial charge in [0.2, 0.25) is 0 Å². The molecule has 0 unspecified atom stereocenters. The quantitative estimate of drug-likeness (QED) is 0.814. The first-order chi connectivity index (χ1) is 8.24. The monoisotopic (exact) mass is 232 g/mol. The molecule has 17 heavy (non-hydrogen) atoms. The van der Waals surface area contributed by atoms with Gasteiger partial charge in [-0.25, -0.2) is 0 Å². The van der Waals surface area contributed by atoms with Gasteiger partial charge >= 0.3 is 0 Å². The van der Waals surface area contributed by atoms with Crippen molar-refractivity contribution < 1.29 is 14.0 Å². The topological polar surface area (TPSA) is 70.5 Å². The van der Waals surface area contributed by atoms with Crippen molar-refractivity contribution in [1.82, 2.24) is 5.16 Å². The summed E-state index contributed by atoms with van der Waals surface area (Å²) in [5.74, 6) is 2.53. The zero-order chi connectivity index (χ0) is 11.8. The van der Waals surface area contributed by atoms with Gasteiger partial charge in [-0.15, -0.1) is 0 Å². The number of hydrogen-bond acceptors (Lipinski definition) is 5. The third kappa shape index (κ3) is 1.69. The highest BCUT2D eigenvalue weighted by atomic mass is 16.6. The van der Waals surface area contributed by atoms with Crippen LogP contribution in [0.3, 0.4) is 0 Å². The smallest absolute Gasteiger partial charge is 0.169 e. The highest BCUT2D eigenvalue weighted by molar-refractivity contribution is 5.66. The van der Waals surface area contributed by atoms with E-state index in [4.69, 9.17) is 19.7 Å². The van der Waals surface area contributed by atoms with Gasteiger partial charge in [-0.1, -0.05) is 5.16 Å². The van der Waals surface area contributed by atoms with Crippen molar-refractivity contribution in [3.8, 4) is 22.8 Å². The number of rotatable bonds is 1. The zero-order valence-corrected chi connectivity index (χ0v) is 9.40. The van der Waals surface area contributed by atoms with Gasteiger partial charge in [-0.3, -0.25) is 0 Å². The lowest BCUT2D eigenvalue weighted by molar-refractivity contribution is 0.170. The molecule has 5 nitrogen and oxygen atoms in total. The van der Waals surface area contributed by atoms with E-state index in [1.807, 2.05) is 19.1 Å². The molecule has 2 aromatic rings. The van der Waals surface area contributed by atoms with Crippen LogP contribution in [0.4, 0.5) is 5.82 Å². The number of nitrogen functional groups attached to an aromatic ring is 1. The van der Waals surface area contributed by atoms with Gasteiger partial charge in [0.1, 0.15) is 13.2 Å². The summed E-state index contributed by atoms with van der Waals surface area (Å²) in [5.41, 5.74) is 7.42. The lowest BCUT2D eigenvalue weighted by Gasteiger charge is -2.20. The van der Waals surface area contributed by atoms with Crippen LogP contribution in [-0.4, -0.2) is 18.4 Å². The largest absolute Gasteiger partial charge is 0.486 e. The first kappa shape index (κ1) is 10.0. The Bertz CT molecular complexity index is 563. The van der Waals surface area contributed by atoms with Gasteiger partial charge in [0.25, 0.3) is 0 Å². The van der Waals surface area contributed by atoms with E-state index in [0.717, 1.165) is 22.6 Å². The van der Waals surface area contributed by atoms with Crippen LogP contribution in [0.25, 0.3) is 11.3 Å². The predicted molar refractivity (Wildman–Crippen MR) is 62.1 cm³/mol. The van der Waals surface area contributed by atoms with Crippen LogP contribution in [0.1, 0.15) is 5.56 Å². The third-order valence-corrected chi connectivity index (χ3v) is 2.64. The van der Waals surface area contributed by atoms with E-state index in [1.54, 1.807) is 6.07 Å². The summed E-state index contributed by atoms with van der Waals surface area (Å²) in [6.07, 6.45) is 0. The molecule has 0 atom stereocenters. The second-order valence-electron chi connectivity index (χ2n) is 3.93. The molecule has 0 saturated heterocycles. The molecule has 0 fully saturated rings. The number of aromatic nitrogens is 1. The molecule has 0 spiro atoms. The number of fused-ring (bicyclic) bond motifs is 1. The zero-order valence-electron chi connectivity index (χ0n) is 9.40. The van der Waals surface area contributed by atoms with Crippen molar-refractivity contribution in [3.63, 3.8) is 0 Å². The Morgan fingerprint density at radius 1 is 1.18 bits per heavy atom. The average Bonchev–Trinajstić information content (AvgIpc) is 2.76. The second kappa shape index (κ2) is 3.69. The Hall–Kier alpha value is -2.17. The number of hydrogen-bond donors (Lipinski definition) is 1. The van der Waals surface area contributed by atoms with Gasteiger partial charge in [0.15, 0.2) is 23.1 Å². The molecule has 0 saturated carbocycles. The second-order valence-corrected chi connectivity index (χ2v) is 3.93. The summed E-state index contributed by atoms with van der Waals surface area (Å²) in [5, 5.41) is 3.67. The van der Waals surface area contributed by atoms with Crippen LogP contribution >= 0.6 is 0 Å². The fourth-order valence-corrected chi connectivity index (χ4v) is 1.90. The minimum atomic E-state index is 0.368. The lowest BCUT2D eigenvalue weighted by atomic mass is 10.1. The Morgan fingerprint density at radius 2 is 2.00 bits per heavy atom. The highest BCUT2D eigenvalue weighted by Crippen LogP contribution is 2.38. The molecule has 2 N–H and O–H groups in total. The van der Waals surface area contributed by atoms with Gasteiger partial charge in [0.05, 0.1) is 0 Å². The molecule has 0 radical (unpaired) electrons. The van der Waals surface area contributed by atoms with Crippen molar-refractivity contribution in [3.05, 3.63) is 23.8 Å². The molecular formula is C12H12N2O3. The molecule has 1 aromatic carbocycles. The van der Waals surface area contributed by atoms with E-state index < -0.39 is 0 Å². The molecule has 1 aromatic heterocycles. The minimum Gasteiger partial charge on any atom is -0.486 e. The van der Waals surface area contributed by atoms with Crippen molar-refractivity contribution in [2.24, 2.45) is 0 Å². The Labute approximate surface area is 98.1 Å². The SMILES string of the molecule is Cc1cc(-c2cc(N)no2)cc2c1OCCO2. The highest BCUT2D eigenvalue weighted by Gasteiger charge is 2.17. The van der Waals surface area contributed by atoms with Crippen LogP contribution in [0.5, 0.6) is 11.5 Å². The number of benzene rings is 1. The number of nitrogens with zero attached hydrogens (tertiary/aromatic N) is 1. The summed E-state index contributed by atoms with van der Waals surface area (Å²) < 4.78 is 16.2. The molecule has 0 bridgehead atoms. The Morgan fingerprint density at radius 3 is 2.76 bits per heavy atom. The summed E-state index contributed by atoms with van der Waals surface area (Å²) >= 11 is 0. The fourth-order valence-electron chi connectivity index (χ4n) is 1.90. The van der Waals surface area contributed by atoms with E-state index in [2.05, 4.69) is 5.16 Å². The minimum absolute atomic E-state index is 0.368. The van der Waals surface area contributed by atoms with Gasteiger partial charge in [-0.05, 0) is 24.6 Å². The normalized spacial score (nSPS) is 13.7. The third-order valence-electron chi connectivity index (χ3n) is 2.64. The molecule has 0 amide bonds. The maximum atomic E-state index is 5.55. The first-order valence-corrected chi connectivity index (χ1v) is 5.37. The van der Waals surface area contributed by atoms with E-state index in [1.165, 1.54) is 0 Å². The molecule has 1 aliphatic heterocycles. The fraction of sp³-hybridized carbons (Fsp3) is 0.250. The molecule has 3 rings (SSSR count). The van der Waals surface area contributed by atoms with Crippen molar-refractivity contribution >= 4 is 5.82 Å². The van der Waals surface area contributed by atoms with Crippen molar-refractivity contribution in [2.75, 3.05) is 18.9 Å². The summed E-state index contributed by atoms with van der Waals surface area (Å²) in [6.45, 7) is 3.12. The number of aryl methyl sites for hydroxylation is 1. The van der Waals surface area contributed by atoms with Crippen LogP contribution < -0.4 is 15.2 Å². The van der Waals surface area contributed by atoms with Crippen molar-refractivity contribution in [2.45, 2.75) is 6.92 Å². The summed E-state index contributed by atoms with van der Waals surface area (Å²) in [6, 6.07) is 5.53. The van der Waals surface area contributed by atoms with Crippen molar-refractivity contribution in [1.29, 1.82) is 0 Å². The average molecular weight is 232 g/mol. The Balaban J connectivity index is 2.10. The van der Waals surface area contributed by atoms with Crippen LogP contribution in [0.15, 0.2) is 22.7 Å². The maximum absolute atomic E-state index is 5.55. The summed E-state index contributed by atoms with van der Waals surface area (Å²) in [4.78, 5) is 0. The first-order valence-electron chi connectivity index (χ1n) is 5.37. The van der Waals surface area contributed by atoms with E-state index in [9.17, 15) is 0 Å². The van der Waals surface area contributed by atoms with E-state index in [-0.39, 0.29) is 0 Å². The number of anilines is 1. The molecule has 2 heterocycles. The van der Waals surface area contributed by atoms with Gasteiger partial charge in [-0.2, -0.15) is 0 Å². The molecule has 5 heteroatoms. The van der Waals surface area contributed by atoms with Gasteiger partial charge < -0.3 is 19.7 Å². The standard InChI is InChI=1S/C12H12N2O3/c1-7-4-8(9-6-11(13)14-17-9)5-10-12(7)16-3-2-15-10/h4-6H,2-3H2,1H3,(H2,13,14). The maximum Gasteiger partial charge on any atom is 0.169 e. The molecular weight excluding hydrogens is 220 g/mol. The van der Waals surface area contributed by atoms with E-state index in [0.29, 0.717) is 24.8 Å². The Kier molecular flexibility index (Phi) is 2.18. The van der Waals surface area contributed by atoms with Crippen LogP contribution in [0.2, 0.25) is 0 Å². The molecule has 1 aliphatic rings. The molecule has 0 aliphatic carbocycles. The molecule has 88 valence electrons. The predicted octanol–water partition coefficient (Wildman–Crippen LogP) is 2.00. The number of nitrogens with two attached hydrogens (primary N) is 1. The number of ether oxygens (including phenoxy) is 2. The lowest BCUT2D eigenvalue weighted by Crippen LogP contribution is -2.16. The summed E-state index contributed by atoms with van der Waals surface area (Å²) in [7, 11) is 0. The van der Waals surface area contributed by atoms with Crippen LogP contribution in [0, 0.1) is 6.92 Å². The van der Waals surface area contributed by atoms with E-state index >= 15 is 0 Å². The van der Waals surface area contributed by atoms with Crippen LogP contribution in [-0.2, 0) is 0 Å². The van der Waals surface area contributed by atoms with Gasteiger partial charge in [0, 0.05) is 11.6 Å².